The third-order valence-corrected chi connectivity index (χ3v) is 6.52. The van der Waals surface area contributed by atoms with Crippen LogP contribution < -0.4 is 0 Å². The Kier molecular flexibility index (Phi) is 4.35. The highest BCUT2D eigenvalue weighted by molar-refractivity contribution is 7.99. The van der Waals surface area contributed by atoms with Gasteiger partial charge in [0.1, 0.15) is 0 Å². The summed E-state index contributed by atoms with van der Waals surface area (Å²) >= 11 is 1.99. The van der Waals surface area contributed by atoms with E-state index in [1.807, 2.05) is 17.8 Å². The summed E-state index contributed by atoms with van der Waals surface area (Å²) in [7, 11) is 0. The largest absolute Gasteiger partial charge is 0.392 e. The quantitative estimate of drug-likeness (QED) is 0.925. The van der Waals surface area contributed by atoms with Crippen LogP contribution in [0.1, 0.15) is 38.7 Å². The Labute approximate surface area is 132 Å². The molecule has 0 aliphatic carbocycles. The fourth-order valence-corrected chi connectivity index (χ4v) is 5.20. The van der Waals surface area contributed by atoms with Crippen LogP contribution >= 0.6 is 11.8 Å². The summed E-state index contributed by atoms with van der Waals surface area (Å²) in [5, 5.41) is 11.0. The minimum absolute atomic E-state index is 0.0430. The Morgan fingerprint density at radius 2 is 2.10 bits per heavy atom. The minimum atomic E-state index is -0.314. The molecule has 3 atom stereocenters. The van der Waals surface area contributed by atoms with Gasteiger partial charge in [0.15, 0.2) is 0 Å². The van der Waals surface area contributed by atoms with Crippen molar-refractivity contribution in [3.8, 4) is 0 Å². The van der Waals surface area contributed by atoms with Crippen molar-refractivity contribution in [3.05, 3.63) is 35.9 Å². The van der Waals surface area contributed by atoms with Gasteiger partial charge < -0.3 is 9.84 Å². The lowest BCUT2D eigenvalue weighted by Crippen LogP contribution is -2.48. The Morgan fingerprint density at radius 3 is 2.76 bits per heavy atom. The molecule has 2 heterocycles. The third-order valence-electron chi connectivity index (χ3n) is 5.30. The smallest absolute Gasteiger partial charge is 0.0783 e. The van der Waals surface area contributed by atoms with E-state index in [0.717, 1.165) is 31.6 Å². The van der Waals surface area contributed by atoms with Crippen molar-refractivity contribution in [2.75, 3.05) is 18.1 Å². The molecule has 2 nitrogen and oxygen atoms in total. The highest BCUT2D eigenvalue weighted by Gasteiger charge is 2.45. The van der Waals surface area contributed by atoms with Crippen molar-refractivity contribution in [1.82, 2.24) is 0 Å². The van der Waals surface area contributed by atoms with Crippen LogP contribution in [0.2, 0.25) is 0 Å². The minimum Gasteiger partial charge on any atom is -0.392 e. The average Bonchev–Trinajstić information content (AvgIpc) is 2.95. The number of benzene rings is 1. The van der Waals surface area contributed by atoms with Crippen LogP contribution in [0.25, 0.3) is 0 Å². The molecule has 0 bridgehead atoms. The first-order chi connectivity index (χ1) is 10.0. The molecule has 0 amide bonds. The van der Waals surface area contributed by atoms with Crippen LogP contribution in [-0.4, -0.2) is 34.9 Å². The van der Waals surface area contributed by atoms with Crippen molar-refractivity contribution >= 4 is 11.8 Å². The Hall–Kier alpha value is -0.510. The molecule has 3 heteroatoms. The van der Waals surface area contributed by atoms with Gasteiger partial charge in [0, 0.05) is 17.8 Å². The summed E-state index contributed by atoms with van der Waals surface area (Å²) in [5.74, 6) is 2.64. The van der Waals surface area contributed by atoms with E-state index in [4.69, 9.17) is 4.74 Å². The van der Waals surface area contributed by atoms with Crippen LogP contribution in [0.3, 0.4) is 0 Å². The van der Waals surface area contributed by atoms with E-state index in [-0.39, 0.29) is 17.1 Å². The first-order valence-corrected chi connectivity index (χ1v) is 9.14. The van der Waals surface area contributed by atoms with Gasteiger partial charge in [0.25, 0.3) is 0 Å². The molecule has 3 rings (SSSR count). The summed E-state index contributed by atoms with van der Waals surface area (Å²) in [5.41, 5.74) is 1.05. The zero-order chi connectivity index (χ0) is 14.9. The molecule has 2 aliphatic rings. The molecule has 2 fully saturated rings. The van der Waals surface area contributed by atoms with E-state index < -0.39 is 0 Å². The van der Waals surface area contributed by atoms with Gasteiger partial charge >= 0.3 is 0 Å². The van der Waals surface area contributed by atoms with Crippen LogP contribution in [0.15, 0.2) is 30.3 Å². The number of hydrogen-bond acceptors (Lipinski definition) is 3. The first-order valence-electron chi connectivity index (χ1n) is 7.99. The second-order valence-corrected chi connectivity index (χ2v) is 8.22. The Bertz CT molecular complexity index is 465. The Morgan fingerprint density at radius 1 is 1.33 bits per heavy atom. The van der Waals surface area contributed by atoms with Crippen molar-refractivity contribution in [2.45, 2.75) is 50.2 Å². The summed E-state index contributed by atoms with van der Waals surface area (Å²) in [6, 6.07) is 10.4. The van der Waals surface area contributed by atoms with Gasteiger partial charge in [-0.15, -0.1) is 0 Å². The third kappa shape index (κ3) is 3.01. The summed E-state index contributed by atoms with van der Waals surface area (Å²) in [6.07, 6.45) is 2.82. The van der Waals surface area contributed by atoms with E-state index >= 15 is 0 Å². The topological polar surface area (TPSA) is 29.5 Å². The normalized spacial score (nSPS) is 31.5. The van der Waals surface area contributed by atoms with E-state index in [1.165, 1.54) is 11.3 Å². The lowest BCUT2D eigenvalue weighted by atomic mass is 9.70. The summed E-state index contributed by atoms with van der Waals surface area (Å²) < 4.78 is 6.09. The predicted octanol–water partition coefficient (Wildman–Crippen LogP) is 3.63. The van der Waals surface area contributed by atoms with Gasteiger partial charge in [-0.3, -0.25) is 0 Å². The highest BCUT2D eigenvalue weighted by Crippen LogP contribution is 2.44. The monoisotopic (exact) mass is 306 g/mol. The maximum Gasteiger partial charge on any atom is 0.0783 e. The fraction of sp³-hybridized carbons (Fsp3) is 0.667. The van der Waals surface area contributed by atoms with Gasteiger partial charge in [0.05, 0.1) is 11.7 Å². The molecule has 0 aromatic heterocycles. The number of ether oxygens (including phenoxy) is 1. The van der Waals surface area contributed by atoms with E-state index in [2.05, 4.69) is 38.1 Å². The second-order valence-electron chi connectivity index (χ2n) is 7.12. The number of thioether (sulfide) groups is 1. The Balaban J connectivity index is 1.76. The number of aliphatic hydroxyl groups is 1. The molecular formula is C18H26O2S. The fourth-order valence-electron chi connectivity index (χ4n) is 3.83. The van der Waals surface area contributed by atoms with E-state index in [9.17, 15) is 5.11 Å². The predicted molar refractivity (Wildman–Crippen MR) is 88.8 cm³/mol. The molecule has 3 unspecified atom stereocenters. The molecule has 1 spiro atoms. The SMILES string of the molecule is CC(C)(c1ccccc1)C(O)C1CCOC2(CCSC2)C1. The van der Waals surface area contributed by atoms with Crippen LogP contribution in [0.5, 0.6) is 0 Å². The maximum absolute atomic E-state index is 11.0. The van der Waals surface area contributed by atoms with Gasteiger partial charge in [-0.1, -0.05) is 44.2 Å². The van der Waals surface area contributed by atoms with Crippen molar-refractivity contribution in [1.29, 1.82) is 0 Å². The molecule has 116 valence electrons. The van der Waals surface area contributed by atoms with Gasteiger partial charge in [-0.25, -0.2) is 0 Å². The molecule has 2 saturated heterocycles. The van der Waals surface area contributed by atoms with Crippen molar-refractivity contribution in [2.24, 2.45) is 5.92 Å². The van der Waals surface area contributed by atoms with Crippen LogP contribution in [0.4, 0.5) is 0 Å². The lowest BCUT2D eigenvalue weighted by Gasteiger charge is -2.44. The molecule has 0 radical (unpaired) electrons. The molecule has 1 aromatic rings. The second kappa shape index (κ2) is 5.94. The molecule has 1 aromatic carbocycles. The zero-order valence-electron chi connectivity index (χ0n) is 13.0. The zero-order valence-corrected chi connectivity index (χ0v) is 13.9. The van der Waals surface area contributed by atoms with Gasteiger partial charge in [-0.2, -0.15) is 11.8 Å². The molecule has 1 N–H and O–H groups in total. The summed E-state index contributed by atoms with van der Waals surface area (Å²) in [4.78, 5) is 0. The summed E-state index contributed by atoms with van der Waals surface area (Å²) in [6.45, 7) is 5.13. The van der Waals surface area contributed by atoms with Crippen molar-refractivity contribution < 1.29 is 9.84 Å². The molecule has 21 heavy (non-hydrogen) atoms. The molecule has 0 saturated carbocycles. The lowest BCUT2D eigenvalue weighted by molar-refractivity contribution is -0.110. The number of rotatable bonds is 3. The molecular weight excluding hydrogens is 280 g/mol. The number of aliphatic hydroxyl groups excluding tert-OH is 1. The van der Waals surface area contributed by atoms with Crippen LogP contribution in [-0.2, 0) is 10.2 Å². The maximum atomic E-state index is 11.0. The van der Waals surface area contributed by atoms with Gasteiger partial charge in [-0.05, 0) is 36.5 Å². The molecule has 2 aliphatic heterocycles. The first kappa shape index (κ1) is 15.4. The van der Waals surface area contributed by atoms with E-state index in [0.29, 0.717) is 5.92 Å². The van der Waals surface area contributed by atoms with Gasteiger partial charge in [0.2, 0.25) is 0 Å². The average molecular weight is 306 g/mol. The highest BCUT2D eigenvalue weighted by atomic mass is 32.2. The van der Waals surface area contributed by atoms with E-state index in [1.54, 1.807) is 0 Å². The van der Waals surface area contributed by atoms with Crippen LogP contribution in [0, 0.1) is 5.92 Å². The van der Waals surface area contributed by atoms with Crippen molar-refractivity contribution in [3.63, 3.8) is 0 Å². The standard InChI is InChI=1S/C18H26O2S/c1-17(2,15-6-4-3-5-7-15)16(19)14-8-10-20-18(12-14)9-11-21-13-18/h3-7,14,16,19H,8-13H2,1-2H3. The number of hydrogen-bond donors (Lipinski definition) is 1.